The summed E-state index contributed by atoms with van der Waals surface area (Å²) in [5.74, 6) is 2.13. The lowest BCUT2D eigenvalue weighted by molar-refractivity contribution is 0.397. The predicted octanol–water partition coefficient (Wildman–Crippen LogP) is 2.79. The molecule has 1 fully saturated rings. The van der Waals surface area contributed by atoms with E-state index in [0.29, 0.717) is 6.04 Å². The number of rotatable bonds is 1. The summed E-state index contributed by atoms with van der Waals surface area (Å²) in [4.78, 5) is 0. The molecule has 1 aliphatic heterocycles. The summed E-state index contributed by atoms with van der Waals surface area (Å²) >= 11 is 0. The minimum absolute atomic E-state index is 0.455. The molecule has 1 saturated heterocycles. The van der Waals surface area contributed by atoms with Crippen molar-refractivity contribution in [3.05, 3.63) is 23.7 Å². The van der Waals surface area contributed by atoms with Crippen LogP contribution in [0.5, 0.6) is 0 Å². The van der Waals surface area contributed by atoms with Gasteiger partial charge < -0.3 is 9.73 Å². The molecule has 1 aliphatic rings. The molecule has 0 saturated carbocycles. The molecule has 2 heterocycles. The van der Waals surface area contributed by atoms with Crippen molar-refractivity contribution in [3.8, 4) is 0 Å². The first-order chi connectivity index (χ1) is 6.36. The number of furan rings is 1. The van der Waals surface area contributed by atoms with Crippen LogP contribution in [0.4, 0.5) is 0 Å². The van der Waals surface area contributed by atoms with E-state index < -0.39 is 0 Å². The largest absolute Gasteiger partial charge is 0.465 e. The van der Waals surface area contributed by atoms with Gasteiger partial charge in [0.15, 0.2) is 0 Å². The van der Waals surface area contributed by atoms with E-state index in [-0.39, 0.29) is 0 Å². The van der Waals surface area contributed by atoms with Crippen LogP contribution in [0.1, 0.15) is 43.2 Å². The molecule has 72 valence electrons. The monoisotopic (exact) mass is 179 g/mol. The standard InChI is InChI=1S/C11H17NO/c1-9-6-7-11(13-9)10-5-3-2-4-8-12-10/h6-7,10,12H,2-5,8H2,1H3/t10-/m0/s1. The molecule has 0 radical (unpaired) electrons. The molecule has 0 aromatic carbocycles. The van der Waals surface area contributed by atoms with Gasteiger partial charge in [0, 0.05) is 0 Å². The average Bonchev–Trinajstić information content (AvgIpc) is 2.43. The summed E-state index contributed by atoms with van der Waals surface area (Å²) in [5, 5.41) is 3.52. The van der Waals surface area contributed by atoms with Crippen molar-refractivity contribution in [1.29, 1.82) is 0 Å². The Morgan fingerprint density at radius 3 is 3.00 bits per heavy atom. The van der Waals surface area contributed by atoms with Gasteiger partial charge in [0.1, 0.15) is 11.5 Å². The van der Waals surface area contributed by atoms with Crippen molar-refractivity contribution in [2.45, 2.75) is 38.6 Å². The Labute approximate surface area is 79.3 Å². The summed E-state index contributed by atoms with van der Waals surface area (Å²) in [6, 6.07) is 4.59. The number of hydrogen-bond donors (Lipinski definition) is 1. The van der Waals surface area contributed by atoms with Gasteiger partial charge in [-0.05, 0) is 38.4 Å². The normalized spacial score (nSPS) is 24.2. The van der Waals surface area contributed by atoms with Crippen LogP contribution in [0.15, 0.2) is 16.5 Å². The minimum Gasteiger partial charge on any atom is -0.465 e. The topological polar surface area (TPSA) is 25.2 Å². The highest BCUT2D eigenvalue weighted by atomic mass is 16.3. The second-order valence-electron chi connectivity index (χ2n) is 3.80. The fourth-order valence-corrected chi connectivity index (χ4v) is 1.91. The van der Waals surface area contributed by atoms with Crippen LogP contribution in [-0.2, 0) is 0 Å². The summed E-state index contributed by atoms with van der Waals surface area (Å²) in [5.41, 5.74) is 0. The van der Waals surface area contributed by atoms with Crippen LogP contribution in [0.3, 0.4) is 0 Å². The molecule has 2 nitrogen and oxygen atoms in total. The smallest absolute Gasteiger partial charge is 0.121 e. The van der Waals surface area contributed by atoms with Crippen molar-refractivity contribution in [2.75, 3.05) is 6.54 Å². The first-order valence-electron chi connectivity index (χ1n) is 5.16. The Bertz CT molecular complexity index is 259. The van der Waals surface area contributed by atoms with Crippen LogP contribution < -0.4 is 5.32 Å². The lowest BCUT2D eigenvalue weighted by Gasteiger charge is -2.12. The van der Waals surface area contributed by atoms with Gasteiger partial charge in [-0.25, -0.2) is 0 Å². The third-order valence-corrected chi connectivity index (χ3v) is 2.66. The summed E-state index contributed by atoms with van der Waals surface area (Å²) in [6.07, 6.45) is 5.18. The van der Waals surface area contributed by atoms with E-state index in [2.05, 4.69) is 11.4 Å². The molecule has 1 atom stereocenters. The molecular formula is C11H17NO. The first kappa shape index (κ1) is 8.82. The van der Waals surface area contributed by atoms with Gasteiger partial charge in [-0.3, -0.25) is 0 Å². The van der Waals surface area contributed by atoms with Crippen molar-refractivity contribution >= 4 is 0 Å². The fourth-order valence-electron chi connectivity index (χ4n) is 1.91. The average molecular weight is 179 g/mol. The van der Waals surface area contributed by atoms with E-state index in [1.54, 1.807) is 0 Å². The minimum atomic E-state index is 0.455. The zero-order valence-electron chi connectivity index (χ0n) is 8.18. The Morgan fingerprint density at radius 2 is 2.23 bits per heavy atom. The molecule has 0 unspecified atom stereocenters. The van der Waals surface area contributed by atoms with E-state index in [1.165, 1.54) is 25.7 Å². The van der Waals surface area contributed by atoms with Gasteiger partial charge in [-0.15, -0.1) is 0 Å². The number of aryl methyl sites for hydroxylation is 1. The Kier molecular flexibility index (Phi) is 2.69. The fraction of sp³-hybridized carbons (Fsp3) is 0.636. The third-order valence-electron chi connectivity index (χ3n) is 2.66. The maximum atomic E-state index is 5.62. The van der Waals surface area contributed by atoms with Crippen LogP contribution in [-0.4, -0.2) is 6.54 Å². The molecule has 13 heavy (non-hydrogen) atoms. The van der Waals surface area contributed by atoms with Gasteiger partial charge in [0.05, 0.1) is 6.04 Å². The maximum Gasteiger partial charge on any atom is 0.121 e. The van der Waals surface area contributed by atoms with Crippen LogP contribution in [0.25, 0.3) is 0 Å². The summed E-state index contributed by atoms with van der Waals surface area (Å²) in [6.45, 7) is 3.13. The van der Waals surface area contributed by atoms with E-state index in [4.69, 9.17) is 4.42 Å². The van der Waals surface area contributed by atoms with Gasteiger partial charge in [-0.2, -0.15) is 0 Å². The van der Waals surface area contributed by atoms with E-state index in [1.807, 2.05) is 13.0 Å². The zero-order valence-corrected chi connectivity index (χ0v) is 8.18. The number of nitrogens with one attached hydrogen (secondary N) is 1. The molecule has 0 aliphatic carbocycles. The Hall–Kier alpha value is -0.760. The zero-order chi connectivity index (χ0) is 9.10. The second kappa shape index (κ2) is 3.97. The molecule has 0 amide bonds. The molecule has 1 N–H and O–H groups in total. The molecular weight excluding hydrogens is 162 g/mol. The highest BCUT2D eigenvalue weighted by Crippen LogP contribution is 2.23. The molecule has 0 bridgehead atoms. The molecule has 1 aromatic heterocycles. The summed E-state index contributed by atoms with van der Waals surface area (Å²) < 4.78 is 5.62. The first-order valence-corrected chi connectivity index (χ1v) is 5.16. The van der Waals surface area contributed by atoms with Gasteiger partial charge in [0.2, 0.25) is 0 Å². The molecule has 0 spiro atoms. The van der Waals surface area contributed by atoms with E-state index in [0.717, 1.165) is 18.1 Å². The highest BCUT2D eigenvalue weighted by Gasteiger charge is 2.15. The Morgan fingerprint density at radius 1 is 1.31 bits per heavy atom. The van der Waals surface area contributed by atoms with Crippen LogP contribution in [0.2, 0.25) is 0 Å². The predicted molar refractivity (Wildman–Crippen MR) is 52.7 cm³/mol. The second-order valence-corrected chi connectivity index (χ2v) is 3.80. The van der Waals surface area contributed by atoms with Crippen molar-refractivity contribution in [2.24, 2.45) is 0 Å². The van der Waals surface area contributed by atoms with E-state index in [9.17, 15) is 0 Å². The lowest BCUT2D eigenvalue weighted by atomic mass is 10.1. The highest BCUT2D eigenvalue weighted by molar-refractivity contribution is 5.09. The SMILES string of the molecule is Cc1ccc([C@@H]2CCCCCN2)o1. The van der Waals surface area contributed by atoms with E-state index >= 15 is 0 Å². The van der Waals surface area contributed by atoms with Crippen molar-refractivity contribution in [1.82, 2.24) is 5.32 Å². The number of hydrogen-bond acceptors (Lipinski definition) is 2. The molecule has 1 aromatic rings. The van der Waals surface area contributed by atoms with Gasteiger partial charge in [-0.1, -0.05) is 12.8 Å². The molecule has 2 rings (SSSR count). The van der Waals surface area contributed by atoms with Gasteiger partial charge in [0.25, 0.3) is 0 Å². The van der Waals surface area contributed by atoms with Crippen molar-refractivity contribution in [3.63, 3.8) is 0 Å². The lowest BCUT2D eigenvalue weighted by Crippen LogP contribution is -2.19. The summed E-state index contributed by atoms with van der Waals surface area (Å²) in [7, 11) is 0. The van der Waals surface area contributed by atoms with Crippen LogP contribution in [0, 0.1) is 6.92 Å². The Balaban J connectivity index is 2.06. The van der Waals surface area contributed by atoms with Gasteiger partial charge >= 0.3 is 0 Å². The quantitative estimate of drug-likeness (QED) is 0.717. The van der Waals surface area contributed by atoms with Crippen molar-refractivity contribution < 1.29 is 4.42 Å². The van der Waals surface area contributed by atoms with Crippen LogP contribution >= 0.6 is 0 Å². The third kappa shape index (κ3) is 2.13. The molecule has 2 heteroatoms. The maximum absolute atomic E-state index is 5.62.